The van der Waals surface area contributed by atoms with Crippen LogP contribution in [-0.4, -0.2) is 27.3 Å². The van der Waals surface area contributed by atoms with Crippen LogP contribution in [0, 0.1) is 5.82 Å². The van der Waals surface area contributed by atoms with Gasteiger partial charge in [0, 0.05) is 11.3 Å². The van der Waals surface area contributed by atoms with Crippen LogP contribution in [0.4, 0.5) is 4.39 Å². The molecule has 1 N–H and O–H groups in total. The Hall–Kier alpha value is -3.98. The van der Waals surface area contributed by atoms with Gasteiger partial charge in [0.1, 0.15) is 17.3 Å². The maximum Gasteiger partial charge on any atom is 0.258 e. The Balaban J connectivity index is 1.58. The third-order valence-corrected chi connectivity index (χ3v) is 6.02. The van der Waals surface area contributed by atoms with E-state index in [1.54, 1.807) is 19.4 Å². The largest absolute Gasteiger partial charge is 0.497 e. The van der Waals surface area contributed by atoms with Crippen LogP contribution in [0.2, 0.25) is 0 Å². The van der Waals surface area contributed by atoms with E-state index in [1.807, 2.05) is 54.3 Å². The van der Waals surface area contributed by atoms with Crippen LogP contribution in [0.3, 0.4) is 0 Å². The van der Waals surface area contributed by atoms with E-state index in [4.69, 9.17) is 25.9 Å². The number of thiocarbonyl (C=S) groups is 1. The van der Waals surface area contributed by atoms with E-state index < -0.39 is 6.04 Å². The molecule has 0 amide bonds. The Morgan fingerprint density at radius 2 is 1.97 bits per heavy atom. The van der Waals surface area contributed by atoms with Gasteiger partial charge in [-0.15, -0.1) is 0 Å². The van der Waals surface area contributed by atoms with Crippen LogP contribution in [-0.2, 0) is 6.54 Å². The third-order valence-electron chi connectivity index (χ3n) is 5.68. The highest BCUT2D eigenvalue weighted by Crippen LogP contribution is 2.38. The van der Waals surface area contributed by atoms with Crippen LogP contribution >= 0.6 is 12.2 Å². The molecule has 1 atom stereocenters. The number of ether oxygens (including phenoxy) is 1. The molecule has 34 heavy (non-hydrogen) atoms. The average Bonchev–Trinajstić information content (AvgIpc) is 3.54. The van der Waals surface area contributed by atoms with Gasteiger partial charge in [0.15, 0.2) is 5.11 Å². The quantitative estimate of drug-likeness (QED) is 0.374. The SMILES string of the molecule is COc1ccc(-c2noc(C3=C(C)N(Cc4ccco4)C(=S)NC3c3cccc(F)c3)n2)cc1. The van der Waals surface area contributed by atoms with Crippen molar-refractivity contribution in [2.24, 2.45) is 0 Å². The van der Waals surface area contributed by atoms with E-state index in [9.17, 15) is 4.39 Å². The number of rotatable bonds is 6. The second kappa shape index (κ2) is 9.11. The summed E-state index contributed by atoms with van der Waals surface area (Å²) < 4.78 is 30.5. The summed E-state index contributed by atoms with van der Waals surface area (Å²) in [4.78, 5) is 6.56. The Morgan fingerprint density at radius 3 is 2.68 bits per heavy atom. The second-order valence-electron chi connectivity index (χ2n) is 7.75. The Bertz CT molecular complexity index is 1350. The van der Waals surface area contributed by atoms with Gasteiger partial charge in [0.05, 0.1) is 31.5 Å². The molecule has 1 unspecified atom stereocenters. The summed E-state index contributed by atoms with van der Waals surface area (Å²) in [6.45, 7) is 2.35. The van der Waals surface area contributed by atoms with Crippen LogP contribution in [0.1, 0.15) is 30.2 Å². The van der Waals surface area contributed by atoms with E-state index in [0.717, 1.165) is 22.8 Å². The fraction of sp³-hybridized carbons (Fsp3) is 0.160. The number of hydrogen-bond acceptors (Lipinski definition) is 6. The first-order valence-electron chi connectivity index (χ1n) is 10.6. The van der Waals surface area contributed by atoms with Gasteiger partial charge >= 0.3 is 0 Å². The number of benzene rings is 2. The van der Waals surface area contributed by atoms with Crippen molar-refractivity contribution in [2.75, 3.05) is 7.11 Å². The molecule has 5 rings (SSSR count). The normalized spacial score (nSPS) is 16.0. The first kappa shape index (κ1) is 21.8. The van der Waals surface area contributed by atoms with Gasteiger partial charge in [-0.05, 0) is 73.2 Å². The van der Waals surface area contributed by atoms with E-state index in [0.29, 0.717) is 34.5 Å². The molecule has 7 nitrogen and oxygen atoms in total. The molecule has 1 aliphatic rings. The summed E-state index contributed by atoms with van der Waals surface area (Å²) >= 11 is 5.66. The summed E-state index contributed by atoms with van der Waals surface area (Å²) in [7, 11) is 1.61. The van der Waals surface area contributed by atoms with E-state index in [-0.39, 0.29) is 5.82 Å². The lowest BCUT2D eigenvalue weighted by Gasteiger charge is -2.37. The lowest BCUT2D eigenvalue weighted by molar-refractivity contribution is 0.382. The topological polar surface area (TPSA) is 76.6 Å². The third kappa shape index (κ3) is 4.17. The summed E-state index contributed by atoms with van der Waals surface area (Å²) in [6.07, 6.45) is 1.62. The van der Waals surface area contributed by atoms with Crippen molar-refractivity contribution in [3.8, 4) is 17.1 Å². The van der Waals surface area contributed by atoms with Gasteiger partial charge in [-0.3, -0.25) is 0 Å². The van der Waals surface area contributed by atoms with Gasteiger partial charge in [0.25, 0.3) is 5.89 Å². The summed E-state index contributed by atoms with van der Waals surface area (Å²) in [6, 6.07) is 17.0. The predicted molar refractivity (Wildman–Crippen MR) is 128 cm³/mol. The zero-order valence-corrected chi connectivity index (χ0v) is 19.3. The number of methoxy groups -OCH3 is 1. The molecule has 4 aromatic rings. The molecule has 2 aromatic heterocycles. The number of hydrogen-bond donors (Lipinski definition) is 1. The first-order chi connectivity index (χ1) is 16.5. The molecular formula is C25H21FN4O3S. The second-order valence-corrected chi connectivity index (χ2v) is 8.14. The first-order valence-corrected chi connectivity index (χ1v) is 11.0. The molecule has 0 spiro atoms. The van der Waals surface area contributed by atoms with Crippen molar-refractivity contribution in [1.29, 1.82) is 0 Å². The standard InChI is InChI=1S/C25H21FN4O3S/c1-15-21(24-28-23(29-33-24)16-8-10-19(31-2)11-9-16)22(17-5-3-6-18(26)13-17)27-25(34)30(15)14-20-7-4-12-32-20/h3-13,22H,14H2,1-2H3,(H,27,34). The van der Waals surface area contributed by atoms with Crippen LogP contribution < -0.4 is 10.1 Å². The predicted octanol–water partition coefficient (Wildman–Crippen LogP) is 5.34. The Kier molecular flexibility index (Phi) is 5.85. The number of allylic oxidation sites excluding steroid dienone is 1. The number of furan rings is 1. The lowest BCUT2D eigenvalue weighted by Crippen LogP contribution is -2.45. The van der Waals surface area contributed by atoms with Crippen molar-refractivity contribution in [3.05, 3.63) is 95.7 Å². The van der Waals surface area contributed by atoms with E-state index in [2.05, 4.69) is 15.5 Å². The van der Waals surface area contributed by atoms with Gasteiger partial charge in [0.2, 0.25) is 5.82 Å². The van der Waals surface area contributed by atoms with Crippen molar-refractivity contribution in [3.63, 3.8) is 0 Å². The number of halogens is 1. The maximum absolute atomic E-state index is 14.1. The molecule has 0 aliphatic carbocycles. The van der Waals surface area contributed by atoms with Gasteiger partial charge < -0.3 is 23.9 Å². The molecule has 3 heterocycles. The molecule has 172 valence electrons. The molecule has 0 bridgehead atoms. The zero-order chi connectivity index (χ0) is 23.7. The van der Waals surface area contributed by atoms with Crippen LogP contribution in [0.15, 0.2) is 81.6 Å². The van der Waals surface area contributed by atoms with Crippen molar-refractivity contribution in [2.45, 2.75) is 19.5 Å². The van der Waals surface area contributed by atoms with Crippen LogP contribution in [0.25, 0.3) is 17.0 Å². The summed E-state index contributed by atoms with van der Waals surface area (Å²) in [5.74, 6) is 1.88. The molecule has 0 saturated carbocycles. The Labute approximate surface area is 200 Å². The van der Waals surface area contributed by atoms with Crippen molar-refractivity contribution >= 4 is 22.9 Å². The van der Waals surface area contributed by atoms with Crippen LogP contribution in [0.5, 0.6) is 5.75 Å². The molecule has 9 heteroatoms. The number of nitrogens with one attached hydrogen (secondary N) is 1. The number of aromatic nitrogens is 2. The van der Waals surface area contributed by atoms with E-state index >= 15 is 0 Å². The van der Waals surface area contributed by atoms with Gasteiger partial charge in [-0.2, -0.15) is 4.98 Å². The lowest BCUT2D eigenvalue weighted by atomic mass is 9.94. The molecule has 1 aliphatic heterocycles. The zero-order valence-electron chi connectivity index (χ0n) is 18.5. The highest BCUT2D eigenvalue weighted by Gasteiger charge is 2.34. The minimum Gasteiger partial charge on any atom is -0.497 e. The number of nitrogens with zero attached hydrogens (tertiary/aromatic N) is 3. The summed E-state index contributed by atoms with van der Waals surface area (Å²) in [5.41, 5.74) is 2.99. The minimum atomic E-state index is -0.472. The molecule has 2 aromatic carbocycles. The molecule has 0 radical (unpaired) electrons. The fourth-order valence-electron chi connectivity index (χ4n) is 3.93. The summed E-state index contributed by atoms with van der Waals surface area (Å²) in [5, 5.41) is 7.98. The monoisotopic (exact) mass is 476 g/mol. The van der Waals surface area contributed by atoms with E-state index in [1.165, 1.54) is 12.1 Å². The smallest absolute Gasteiger partial charge is 0.258 e. The van der Waals surface area contributed by atoms with Gasteiger partial charge in [-0.1, -0.05) is 17.3 Å². The molecular weight excluding hydrogens is 455 g/mol. The highest BCUT2D eigenvalue weighted by molar-refractivity contribution is 7.80. The fourth-order valence-corrected chi connectivity index (χ4v) is 4.25. The maximum atomic E-state index is 14.1. The minimum absolute atomic E-state index is 0.317. The van der Waals surface area contributed by atoms with Crippen molar-refractivity contribution < 1.29 is 18.1 Å². The van der Waals surface area contributed by atoms with Gasteiger partial charge in [-0.25, -0.2) is 4.39 Å². The molecule has 0 saturated heterocycles. The highest BCUT2D eigenvalue weighted by atomic mass is 32.1. The molecule has 0 fully saturated rings. The van der Waals surface area contributed by atoms with Crippen molar-refractivity contribution in [1.82, 2.24) is 20.4 Å². The average molecular weight is 477 g/mol. The Morgan fingerprint density at radius 1 is 1.15 bits per heavy atom.